The molecular weight excluding hydrogens is 226 g/mol. The van der Waals surface area contributed by atoms with Crippen LogP contribution in [-0.2, 0) is 11.3 Å². The highest BCUT2D eigenvalue weighted by Gasteiger charge is 2.14. The molecule has 1 aromatic rings. The number of nitriles is 1. The molecule has 1 atom stereocenters. The minimum Gasteiger partial charge on any atom is -0.347 e. The molecule has 4 nitrogen and oxygen atoms in total. The highest BCUT2D eigenvalue weighted by molar-refractivity contribution is 5.80. The topological polar surface area (TPSA) is 56.1 Å². The van der Waals surface area contributed by atoms with Gasteiger partial charge in [0.1, 0.15) is 0 Å². The largest absolute Gasteiger partial charge is 0.347 e. The van der Waals surface area contributed by atoms with Crippen LogP contribution >= 0.6 is 0 Å². The number of aryl methyl sites for hydroxylation is 1. The zero-order valence-electron chi connectivity index (χ0n) is 11.3. The van der Waals surface area contributed by atoms with Crippen molar-refractivity contribution in [2.45, 2.75) is 26.4 Å². The average molecular weight is 245 g/mol. The summed E-state index contributed by atoms with van der Waals surface area (Å²) in [5.41, 5.74) is 2.83. The minimum absolute atomic E-state index is 0.0568. The van der Waals surface area contributed by atoms with Crippen molar-refractivity contribution >= 4 is 5.91 Å². The first-order valence-corrected chi connectivity index (χ1v) is 5.90. The molecule has 4 heteroatoms. The Hall–Kier alpha value is -1.86. The SMILES string of the molecule is Cc1cc(C#N)ccc1CNC(C)C(=O)N(C)C. The van der Waals surface area contributed by atoms with Gasteiger partial charge in [-0.2, -0.15) is 5.26 Å². The fourth-order valence-electron chi connectivity index (χ4n) is 1.70. The van der Waals surface area contributed by atoms with Crippen molar-refractivity contribution in [1.29, 1.82) is 5.26 Å². The van der Waals surface area contributed by atoms with Gasteiger partial charge >= 0.3 is 0 Å². The van der Waals surface area contributed by atoms with Crippen molar-refractivity contribution in [2.75, 3.05) is 14.1 Å². The van der Waals surface area contributed by atoms with Crippen molar-refractivity contribution < 1.29 is 4.79 Å². The fraction of sp³-hybridized carbons (Fsp3) is 0.429. The van der Waals surface area contributed by atoms with E-state index in [-0.39, 0.29) is 11.9 Å². The molecule has 1 rings (SSSR count). The Kier molecular flexibility index (Phi) is 4.87. The lowest BCUT2D eigenvalue weighted by Gasteiger charge is -2.18. The molecule has 1 N–H and O–H groups in total. The molecule has 0 bridgehead atoms. The van der Waals surface area contributed by atoms with Crippen LogP contribution in [0.1, 0.15) is 23.6 Å². The maximum Gasteiger partial charge on any atom is 0.238 e. The maximum absolute atomic E-state index is 11.7. The quantitative estimate of drug-likeness (QED) is 0.873. The number of rotatable bonds is 4. The number of likely N-dealkylation sites (N-methyl/N-ethyl adjacent to an activating group) is 1. The summed E-state index contributed by atoms with van der Waals surface area (Å²) in [4.78, 5) is 13.2. The molecule has 0 aliphatic rings. The van der Waals surface area contributed by atoms with E-state index < -0.39 is 0 Å². The number of benzene rings is 1. The molecule has 96 valence electrons. The molecule has 0 aliphatic carbocycles. The Balaban J connectivity index is 2.65. The standard InChI is InChI=1S/C14H19N3O/c1-10-7-12(8-15)5-6-13(10)9-16-11(2)14(18)17(3)4/h5-7,11,16H,9H2,1-4H3. The highest BCUT2D eigenvalue weighted by atomic mass is 16.2. The molecule has 0 heterocycles. The molecular formula is C14H19N3O. The summed E-state index contributed by atoms with van der Waals surface area (Å²) in [6.45, 7) is 4.44. The van der Waals surface area contributed by atoms with Crippen molar-refractivity contribution in [1.82, 2.24) is 10.2 Å². The Bertz CT molecular complexity index is 474. The number of nitrogens with one attached hydrogen (secondary N) is 1. The maximum atomic E-state index is 11.7. The van der Waals surface area contributed by atoms with Crippen LogP contribution < -0.4 is 5.32 Å². The summed E-state index contributed by atoms with van der Waals surface area (Å²) in [7, 11) is 3.49. The normalized spacial score (nSPS) is 11.7. The van der Waals surface area contributed by atoms with E-state index in [1.165, 1.54) is 0 Å². The van der Waals surface area contributed by atoms with Gasteiger partial charge in [-0.1, -0.05) is 6.07 Å². The minimum atomic E-state index is -0.213. The number of carbonyl (C=O) groups excluding carboxylic acids is 1. The van der Waals surface area contributed by atoms with Crippen LogP contribution in [0.25, 0.3) is 0 Å². The first-order valence-electron chi connectivity index (χ1n) is 5.90. The molecule has 0 aliphatic heterocycles. The fourth-order valence-corrected chi connectivity index (χ4v) is 1.70. The number of hydrogen-bond acceptors (Lipinski definition) is 3. The Labute approximate surface area is 108 Å². The van der Waals surface area contributed by atoms with Gasteiger partial charge in [0.05, 0.1) is 17.7 Å². The summed E-state index contributed by atoms with van der Waals surface area (Å²) in [6.07, 6.45) is 0. The van der Waals surface area contributed by atoms with Crippen molar-refractivity contribution in [2.24, 2.45) is 0 Å². The van der Waals surface area contributed by atoms with Crippen LogP contribution in [0.15, 0.2) is 18.2 Å². The third kappa shape index (κ3) is 3.57. The second-order valence-corrected chi connectivity index (χ2v) is 4.59. The number of amides is 1. The number of carbonyl (C=O) groups is 1. The summed E-state index contributed by atoms with van der Waals surface area (Å²) in [6, 6.07) is 7.47. The lowest BCUT2D eigenvalue weighted by Crippen LogP contribution is -2.41. The van der Waals surface area contributed by atoms with Crippen LogP contribution in [0.5, 0.6) is 0 Å². The average Bonchev–Trinajstić information content (AvgIpc) is 2.35. The molecule has 0 saturated carbocycles. The second kappa shape index (κ2) is 6.18. The number of hydrogen-bond donors (Lipinski definition) is 1. The summed E-state index contributed by atoms with van der Waals surface area (Å²) in [5, 5.41) is 12.0. The second-order valence-electron chi connectivity index (χ2n) is 4.59. The lowest BCUT2D eigenvalue weighted by atomic mass is 10.1. The zero-order chi connectivity index (χ0) is 13.7. The number of nitrogens with zero attached hydrogens (tertiary/aromatic N) is 2. The van der Waals surface area contributed by atoms with E-state index in [4.69, 9.17) is 5.26 Å². The molecule has 0 aromatic heterocycles. The van der Waals surface area contributed by atoms with E-state index in [1.807, 2.05) is 26.0 Å². The Morgan fingerprint density at radius 3 is 2.67 bits per heavy atom. The smallest absolute Gasteiger partial charge is 0.238 e. The third-order valence-electron chi connectivity index (χ3n) is 2.88. The molecule has 0 saturated heterocycles. The zero-order valence-corrected chi connectivity index (χ0v) is 11.3. The first kappa shape index (κ1) is 14.2. The third-order valence-corrected chi connectivity index (χ3v) is 2.88. The van der Waals surface area contributed by atoms with Crippen LogP contribution in [-0.4, -0.2) is 30.9 Å². The van der Waals surface area contributed by atoms with Gasteiger partial charge in [0.2, 0.25) is 5.91 Å². The highest BCUT2D eigenvalue weighted by Crippen LogP contribution is 2.10. The van der Waals surface area contributed by atoms with Gasteiger partial charge < -0.3 is 10.2 Å². The van der Waals surface area contributed by atoms with Crippen molar-refractivity contribution in [3.63, 3.8) is 0 Å². The van der Waals surface area contributed by atoms with Gasteiger partial charge in [-0.05, 0) is 37.1 Å². The first-order chi connectivity index (χ1) is 8.45. The summed E-state index contributed by atoms with van der Waals surface area (Å²) < 4.78 is 0. The van der Waals surface area contributed by atoms with Crippen molar-refractivity contribution in [3.8, 4) is 6.07 Å². The van der Waals surface area contributed by atoms with Crippen LogP contribution in [0.3, 0.4) is 0 Å². The Morgan fingerprint density at radius 2 is 2.17 bits per heavy atom. The lowest BCUT2D eigenvalue weighted by molar-refractivity contribution is -0.130. The van der Waals surface area contributed by atoms with E-state index in [0.717, 1.165) is 11.1 Å². The van der Waals surface area contributed by atoms with Gasteiger partial charge in [-0.3, -0.25) is 4.79 Å². The predicted octanol–water partition coefficient (Wildman–Crippen LogP) is 1.43. The molecule has 0 radical (unpaired) electrons. The predicted molar refractivity (Wildman–Crippen MR) is 70.9 cm³/mol. The van der Waals surface area contributed by atoms with E-state index in [0.29, 0.717) is 12.1 Å². The van der Waals surface area contributed by atoms with Crippen LogP contribution in [0.2, 0.25) is 0 Å². The van der Waals surface area contributed by atoms with Crippen molar-refractivity contribution in [3.05, 3.63) is 34.9 Å². The van der Waals surface area contributed by atoms with Crippen LogP contribution in [0.4, 0.5) is 0 Å². The van der Waals surface area contributed by atoms with Gasteiger partial charge in [-0.25, -0.2) is 0 Å². The molecule has 0 fully saturated rings. The summed E-state index contributed by atoms with van der Waals surface area (Å²) in [5.74, 6) is 0.0568. The molecule has 1 aromatic carbocycles. The van der Waals surface area contributed by atoms with Crippen LogP contribution in [0, 0.1) is 18.3 Å². The van der Waals surface area contributed by atoms with Gasteiger partial charge in [-0.15, -0.1) is 0 Å². The van der Waals surface area contributed by atoms with E-state index in [9.17, 15) is 4.79 Å². The van der Waals surface area contributed by atoms with E-state index in [2.05, 4.69) is 11.4 Å². The van der Waals surface area contributed by atoms with Gasteiger partial charge in [0.25, 0.3) is 0 Å². The van der Waals surface area contributed by atoms with Gasteiger partial charge in [0.15, 0.2) is 0 Å². The molecule has 1 unspecified atom stereocenters. The van der Waals surface area contributed by atoms with Gasteiger partial charge in [0, 0.05) is 20.6 Å². The van der Waals surface area contributed by atoms with E-state index >= 15 is 0 Å². The Morgan fingerprint density at radius 1 is 1.50 bits per heavy atom. The molecule has 0 spiro atoms. The summed E-state index contributed by atoms with van der Waals surface area (Å²) >= 11 is 0. The molecule has 1 amide bonds. The van der Waals surface area contributed by atoms with E-state index in [1.54, 1.807) is 25.1 Å². The monoisotopic (exact) mass is 245 g/mol. The molecule has 18 heavy (non-hydrogen) atoms.